The Morgan fingerprint density at radius 1 is 1.53 bits per heavy atom. The SMILES string of the molecule is CCc1ccnc(C(=O)NCC(=O)O)c1. The van der Waals surface area contributed by atoms with E-state index in [4.69, 9.17) is 5.11 Å². The first-order chi connectivity index (χ1) is 7.13. The topological polar surface area (TPSA) is 79.3 Å². The van der Waals surface area contributed by atoms with Gasteiger partial charge in [-0.1, -0.05) is 6.92 Å². The van der Waals surface area contributed by atoms with Crippen molar-refractivity contribution in [2.24, 2.45) is 0 Å². The zero-order valence-electron chi connectivity index (χ0n) is 8.36. The smallest absolute Gasteiger partial charge is 0.322 e. The Hall–Kier alpha value is -1.91. The number of nitrogens with zero attached hydrogens (tertiary/aromatic N) is 1. The standard InChI is InChI=1S/C10H12N2O3/c1-2-7-3-4-11-8(5-7)10(15)12-6-9(13)14/h3-5H,2,6H2,1H3,(H,12,15)(H,13,14). The summed E-state index contributed by atoms with van der Waals surface area (Å²) in [5, 5.41) is 10.6. The number of carbonyl (C=O) groups is 2. The van der Waals surface area contributed by atoms with Crippen LogP contribution < -0.4 is 5.32 Å². The van der Waals surface area contributed by atoms with Crippen LogP contribution in [0.2, 0.25) is 0 Å². The number of aryl methyl sites for hydroxylation is 1. The van der Waals surface area contributed by atoms with Crippen molar-refractivity contribution in [3.8, 4) is 0 Å². The van der Waals surface area contributed by atoms with Crippen molar-refractivity contribution >= 4 is 11.9 Å². The van der Waals surface area contributed by atoms with Gasteiger partial charge in [0.05, 0.1) is 0 Å². The average molecular weight is 208 g/mol. The first kappa shape index (κ1) is 11.2. The number of nitrogens with one attached hydrogen (secondary N) is 1. The second kappa shape index (κ2) is 5.09. The Kier molecular flexibility index (Phi) is 3.79. The minimum atomic E-state index is -1.07. The van der Waals surface area contributed by atoms with Crippen molar-refractivity contribution < 1.29 is 14.7 Å². The van der Waals surface area contributed by atoms with Crippen LogP contribution in [-0.2, 0) is 11.2 Å². The number of rotatable bonds is 4. The maximum Gasteiger partial charge on any atom is 0.322 e. The summed E-state index contributed by atoms with van der Waals surface area (Å²) < 4.78 is 0. The second-order valence-corrected chi connectivity index (χ2v) is 2.98. The molecule has 0 spiro atoms. The zero-order chi connectivity index (χ0) is 11.3. The van der Waals surface area contributed by atoms with E-state index in [-0.39, 0.29) is 5.69 Å². The highest BCUT2D eigenvalue weighted by atomic mass is 16.4. The van der Waals surface area contributed by atoms with E-state index in [1.807, 2.05) is 13.0 Å². The van der Waals surface area contributed by atoms with Gasteiger partial charge in [0.2, 0.25) is 0 Å². The van der Waals surface area contributed by atoms with E-state index in [9.17, 15) is 9.59 Å². The predicted molar refractivity (Wildman–Crippen MR) is 53.6 cm³/mol. The average Bonchev–Trinajstić information content (AvgIpc) is 2.26. The number of carboxylic acid groups (broad SMARTS) is 1. The number of aromatic nitrogens is 1. The molecule has 5 heteroatoms. The highest BCUT2D eigenvalue weighted by Crippen LogP contribution is 2.02. The minimum Gasteiger partial charge on any atom is -0.480 e. The minimum absolute atomic E-state index is 0.246. The summed E-state index contributed by atoms with van der Waals surface area (Å²) in [6.45, 7) is 1.57. The molecule has 1 heterocycles. The number of pyridine rings is 1. The summed E-state index contributed by atoms with van der Waals surface area (Å²) >= 11 is 0. The lowest BCUT2D eigenvalue weighted by atomic mass is 10.2. The molecular weight excluding hydrogens is 196 g/mol. The number of amides is 1. The van der Waals surface area contributed by atoms with Crippen molar-refractivity contribution in [2.75, 3.05) is 6.54 Å². The van der Waals surface area contributed by atoms with E-state index in [2.05, 4.69) is 10.3 Å². The molecule has 0 aliphatic rings. The summed E-state index contributed by atoms with van der Waals surface area (Å²) in [7, 11) is 0. The molecule has 5 nitrogen and oxygen atoms in total. The van der Waals surface area contributed by atoms with Crippen LogP contribution in [0.5, 0.6) is 0 Å². The Labute approximate surface area is 87.1 Å². The summed E-state index contributed by atoms with van der Waals surface area (Å²) in [6, 6.07) is 3.46. The van der Waals surface area contributed by atoms with Gasteiger partial charge in [-0.25, -0.2) is 0 Å². The Balaban J connectivity index is 2.69. The third kappa shape index (κ3) is 3.38. The number of carboxylic acids is 1. The van der Waals surface area contributed by atoms with Crippen LogP contribution in [-0.4, -0.2) is 28.5 Å². The maximum absolute atomic E-state index is 11.4. The highest BCUT2D eigenvalue weighted by Gasteiger charge is 2.08. The van der Waals surface area contributed by atoms with Crippen LogP contribution in [0.1, 0.15) is 23.0 Å². The molecule has 80 valence electrons. The van der Waals surface area contributed by atoms with Gasteiger partial charge in [-0.15, -0.1) is 0 Å². The summed E-state index contributed by atoms with van der Waals surface area (Å²) in [4.78, 5) is 25.5. The monoisotopic (exact) mass is 208 g/mol. The molecule has 0 fully saturated rings. The number of aliphatic carboxylic acids is 1. The van der Waals surface area contributed by atoms with Gasteiger partial charge < -0.3 is 10.4 Å². The van der Waals surface area contributed by atoms with Crippen LogP contribution in [0.25, 0.3) is 0 Å². The molecule has 15 heavy (non-hydrogen) atoms. The van der Waals surface area contributed by atoms with E-state index < -0.39 is 18.4 Å². The van der Waals surface area contributed by atoms with Crippen molar-refractivity contribution in [3.05, 3.63) is 29.6 Å². The fourth-order valence-corrected chi connectivity index (χ4v) is 1.06. The van der Waals surface area contributed by atoms with E-state index in [0.29, 0.717) is 0 Å². The third-order valence-electron chi connectivity index (χ3n) is 1.87. The van der Waals surface area contributed by atoms with Gasteiger partial charge in [-0.3, -0.25) is 14.6 Å². The third-order valence-corrected chi connectivity index (χ3v) is 1.87. The van der Waals surface area contributed by atoms with E-state index in [1.54, 1.807) is 6.07 Å². The summed E-state index contributed by atoms with van der Waals surface area (Å²) in [5.41, 5.74) is 1.24. The van der Waals surface area contributed by atoms with Gasteiger partial charge >= 0.3 is 5.97 Å². The molecule has 0 saturated heterocycles. The lowest BCUT2D eigenvalue weighted by molar-refractivity contribution is -0.135. The number of hydrogen-bond acceptors (Lipinski definition) is 3. The van der Waals surface area contributed by atoms with Gasteiger partial charge in [0, 0.05) is 6.20 Å². The van der Waals surface area contributed by atoms with Crippen molar-refractivity contribution in [3.63, 3.8) is 0 Å². The maximum atomic E-state index is 11.4. The quantitative estimate of drug-likeness (QED) is 0.753. The summed E-state index contributed by atoms with van der Waals surface area (Å²) in [6.07, 6.45) is 2.34. The first-order valence-corrected chi connectivity index (χ1v) is 4.58. The second-order valence-electron chi connectivity index (χ2n) is 2.98. The van der Waals surface area contributed by atoms with Crippen molar-refractivity contribution in [1.82, 2.24) is 10.3 Å². The molecular formula is C10H12N2O3. The van der Waals surface area contributed by atoms with Crippen LogP contribution in [0.4, 0.5) is 0 Å². The number of carbonyl (C=O) groups excluding carboxylic acids is 1. The van der Waals surface area contributed by atoms with Crippen molar-refractivity contribution in [2.45, 2.75) is 13.3 Å². The zero-order valence-corrected chi connectivity index (χ0v) is 8.36. The fourth-order valence-electron chi connectivity index (χ4n) is 1.06. The number of hydrogen-bond donors (Lipinski definition) is 2. The predicted octanol–water partition coefficient (Wildman–Crippen LogP) is 0.458. The normalized spacial score (nSPS) is 9.67. The van der Waals surface area contributed by atoms with Crippen LogP contribution in [0.15, 0.2) is 18.3 Å². The molecule has 0 radical (unpaired) electrons. The molecule has 0 unspecified atom stereocenters. The molecule has 0 atom stereocenters. The molecule has 2 N–H and O–H groups in total. The molecule has 1 aromatic heterocycles. The van der Waals surface area contributed by atoms with Gasteiger partial charge in [0.25, 0.3) is 5.91 Å². The largest absolute Gasteiger partial charge is 0.480 e. The van der Waals surface area contributed by atoms with Gasteiger partial charge in [0.15, 0.2) is 0 Å². The van der Waals surface area contributed by atoms with Gasteiger partial charge in [-0.05, 0) is 24.1 Å². The molecule has 1 amide bonds. The van der Waals surface area contributed by atoms with E-state index in [1.165, 1.54) is 6.20 Å². The van der Waals surface area contributed by atoms with Crippen LogP contribution >= 0.6 is 0 Å². The first-order valence-electron chi connectivity index (χ1n) is 4.58. The Bertz CT molecular complexity index is 377. The molecule has 0 aromatic carbocycles. The lowest BCUT2D eigenvalue weighted by Gasteiger charge is -2.02. The fraction of sp³-hybridized carbons (Fsp3) is 0.300. The summed E-state index contributed by atoms with van der Waals surface area (Å²) in [5.74, 6) is -1.54. The molecule has 0 bridgehead atoms. The molecule has 1 aromatic rings. The highest BCUT2D eigenvalue weighted by molar-refractivity contribution is 5.94. The lowest BCUT2D eigenvalue weighted by Crippen LogP contribution is -2.29. The van der Waals surface area contributed by atoms with E-state index in [0.717, 1.165) is 12.0 Å². The molecule has 1 rings (SSSR count). The molecule has 0 saturated carbocycles. The Morgan fingerprint density at radius 3 is 2.87 bits per heavy atom. The van der Waals surface area contributed by atoms with Crippen molar-refractivity contribution in [1.29, 1.82) is 0 Å². The van der Waals surface area contributed by atoms with Crippen LogP contribution in [0.3, 0.4) is 0 Å². The van der Waals surface area contributed by atoms with Crippen LogP contribution in [0, 0.1) is 0 Å². The van der Waals surface area contributed by atoms with E-state index >= 15 is 0 Å². The molecule has 0 aliphatic heterocycles. The molecule has 0 aliphatic carbocycles. The van der Waals surface area contributed by atoms with Gasteiger partial charge in [0.1, 0.15) is 12.2 Å². The Morgan fingerprint density at radius 2 is 2.27 bits per heavy atom. The van der Waals surface area contributed by atoms with Gasteiger partial charge in [-0.2, -0.15) is 0 Å².